The van der Waals surface area contributed by atoms with Crippen molar-refractivity contribution in [1.82, 2.24) is 29.5 Å². The fraction of sp³-hybridized carbons (Fsp3) is 0.231. The number of hydrogen-bond acceptors (Lipinski definition) is 8. The van der Waals surface area contributed by atoms with Crippen molar-refractivity contribution < 1.29 is 9.53 Å². The molecule has 1 atom stereocenters. The number of nitrogens with zero attached hydrogens (tertiary/aromatic N) is 4. The third-order valence-corrected chi connectivity index (χ3v) is 7.41. The Morgan fingerprint density at radius 1 is 1.18 bits per heavy atom. The highest BCUT2D eigenvalue weighted by Crippen LogP contribution is 2.36. The van der Waals surface area contributed by atoms with Crippen LogP contribution in [-0.2, 0) is 11.3 Å². The second kappa shape index (κ2) is 12.8. The van der Waals surface area contributed by atoms with Crippen molar-refractivity contribution in [3.63, 3.8) is 0 Å². The number of rotatable bonds is 8. The first-order chi connectivity index (χ1) is 18.2. The lowest BCUT2D eigenvalue weighted by Gasteiger charge is -2.14. The summed E-state index contributed by atoms with van der Waals surface area (Å²) in [6.45, 7) is 2.01. The smallest absolute Gasteiger partial charge is 0.237 e. The highest BCUT2D eigenvalue weighted by atomic mass is 35.5. The van der Waals surface area contributed by atoms with Crippen molar-refractivity contribution in [3.05, 3.63) is 66.2 Å². The molecule has 2 aromatic carbocycles. The molecule has 0 bridgehead atoms. The minimum Gasteiger partial charge on any atom is -0.455 e. The lowest BCUT2D eigenvalue weighted by molar-refractivity contribution is -0.122. The molecule has 9 nitrogen and oxygen atoms in total. The van der Waals surface area contributed by atoms with Crippen molar-refractivity contribution in [3.8, 4) is 11.5 Å². The van der Waals surface area contributed by atoms with Gasteiger partial charge in [0.25, 0.3) is 0 Å². The average molecular weight is 607 g/mol. The quantitative estimate of drug-likeness (QED) is 0.201. The van der Waals surface area contributed by atoms with Gasteiger partial charge in [-0.3, -0.25) is 4.79 Å². The zero-order valence-corrected chi connectivity index (χ0v) is 23.8. The van der Waals surface area contributed by atoms with Crippen LogP contribution in [0.4, 0.5) is 11.5 Å². The van der Waals surface area contributed by atoms with Crippen LogP contribution in [0.2, 0.25) is 5.02 Å². The number of carbonyl (C=O) groups is 1. The highest BCUT2D eigenvalue weighted by Gasteiger charge is 2.21. The first-order valence-corrected chi connectivity index (χ1v) is 13.2. The molecule has 1 amide bonds. The van der Waals surface area contributed by atoms with Crippen molar-refractivity contribution >= 4 is 86.5 Å². The van der Waals surface area contributed by atoms with Crippen molar-refractivity contribution in [2.24, 2.45) is 0 Å². The van der Waals surface area contributed by atoms with E-state index in [1.54, 1.807) is 12.3 Å². The Bertz CT molecular complexity index is 1590. The molecule has 39 heavy (non-hydrogen) atoms. The fourth-order valence-corrected chi connectivity index (χ4v) is 5.40. The summed E-state index contributed by atoms with van der Waals surface area (Å²) in [7, 11) is 0. The molecule has 13 heteroatoms. The molecule has 6 rings (SSSR count). The van der Waals surface area contributed by atoms with Gasteiger partial charge < -0.3 is 25.3 Å². The molecule has 1 saturated heterocycles. The number of ether oxygens (including phenoxy) is 1. The zero-order chi connectivity index (χ0) is 25.2. The number of amides is 1. The van der Waals surface area contributed by atoms with E-state index in [1.807, 2.05) is 47.2 Å². The molecule has 4 heterocycles. The molecule has 0 spiro atoms. The molecule has 1 aliphatic rings. The maximum atomic E-state index is 12.3. The number of fused-ring (bicyclic) bond motifs is 2. The van der Waals surface area contributed by atoms with E-state index in [9.17, 15) is 4.79 Å². The van der Waals surface area contributed by atoms with E-state index >= 15 is 0 Å². The molecule has 204 valence electrons. The molecular formula is C26H26Cl3N7O2S. The van der Waals surface area contributed by atoms with E-state index < -0.39 is 0 Å². The molecule has 1 unspecified atom stereocenters. The molecule has 5 aromatic rings. The third kappa shape index (κ3) is 6.21. The Morgan fingerprint density at radius 2 is 2.08 bits per heavy atom. The van der Waals surface area contributed by atoms with Gasteiger partial charge in [0.05, 0.1) is 32.9 Å². The van der Waals surface area contributed by atoms with Gasteiger partial charge in [0.2, 0.25) is 5.91 Å². The first kappa shape index (κ1) is 28.8. The van der Waals surface area contributed by atoms with Gasteiger partial charge in [-0.25, -0.2) is 9.97 Å². The Labute approximate surface area is 246 Å². The summed E-state index contributed by atoms with van der Waals surface area (Å²) >= 11 is 8.01. The topological polar surface area (TPSA) is 106 Å². The number of carbonyl (C=O) groups excluding carboxylic acids is 1. The third-order valence-electron chi connectivity index (χ3n) is 6.35. The summed E-state index contributed by atoms with van der Waals surface area (Å²) in [5, 5.41) is 11.0. The van der Waals surface area contributed by atoms with Gasteiger partial charge >= 0.3 is 0 Å². The molecule has 1 fully saturated rings. The van der Waals surface area contributed by atoms with Crippen molar-refractivity contribution in [2.75, 3.05) is 18.4 Å². The number of benzene rings is 2. The normalized spacial score (nSPS) is 14.5. The van der Waals surface area contributed by atoms with Gasteiger partial charge in [-0.2, -0.15) is 4.37 Å². The van der Waals surface area contributed by atoms with E-state index in [1.165, 1.54) is 17.9 Å². The molecule has 1 aliphatic heterocycles. The van der Waals surface area contributed by atoms with Crippen LogP contribution in [0.15, 0.2) is 61.2 Å². The Morgan fingerprint density at radius 3 is 2.90 bits per heavy atom. The predicted molar refractivity (Wildman–Crippen MR) is 160 cm³/mol. The lowest BCUT2D eigenvalue weighted by atomic mass is 10.2. The van der Waals surface area contributed by atoms with E-state index in [4.69, 9.17) is 16.3 Å². The van der Waals surface area contributed by atoms with E-state index in [0.717, 1.165) is 46.2 Å². The van der Waals surface area contributed by atoms with Crippen LogP contribution in [-0.4, -0.2) is 43.9 Å². The fourth-order valence-electron chi connectivity index (χ4n) is 4.51. The van der Waals surface area contributed by atoms with Gasteiger partial charge in [0, 0.05) is 25.0 Å². The minimum absolute atomic E-state index is 0. The van der Waals surface area contributed by atoms with E-state index in [0.29, 0.717) is 35.4 Å². The monoisotopic (exact) mass is 605 g/mol. The second-order valence-corrected chi connectivity index (χ2v) is 10.0. The van der Waals surface area contributed by atoms with Crippen LogP contribution < -0.4 is 20.7 Å². The number of aromatic nitrogens is 4. The molecule has 3 N–H and O–H groups in total. The SMILES string of the molecule is Cl.Cl.O=C(NCCn1ccc2ncnc(Nc3ccc(Oc4cccc5sncc45)c(Cl)c3)c21)C1CCCN1. The Balaban J connectivity index is 0.00000176. The average Bonchev–Trinajstić information content (AvgIpc) is 3.67. The van der Waals surface area contributed by atoms with Crippen LogP contribution in [0, 0.1) is 0 Å². The molecule has 0 radical (unpaired) electrons. The molecule has 3 aromatic heterocycles. The van der Waals surface area contributed by atoms with Crippen LogP contribution >= 0.6 is 47.9 Å². The highest BCUT2D eigenvalue weighted by molar-refractivity contribution is 7.13. The minimum atomic E-state index is -0.0894. The van der Waals surface area contributed by atoms with Crippen molar-refractivity contribution in [1.29, 1.82) is 0 Å². The number of hydrogen-bond donors (Lipinski definition) is 3. The van der Waals surface area contributed by atoms with Gasteiger partial charge in [0.1, 0.15) is 23.3 Å². The van der Waals surface area contributed by atoms with E-state index in [-0.39, 0.29) is 36.8 Å². The number of anilines is 2. The summed E-state index contributed by atoms with van der Waals surface area (Å²) in [4.78, 5) is 21.2. The zero-order valence-electron chi connectivity index (χ0n) is 20.6. The van der Waals surface area contributed by atoms with Crippen molar-refractivity contribution in [2.45, 2.75) is 25.4 Å². The van der Waals surface area contributed by atoms with Gasteiger partial charge in [-0.15, -0.1) is 24.8 Å². The van der Waals surface area contributed by atoms with Gasteiger partial charge in [-0.05, 0) is 67.3 Å². The van der Waals surface area contributed by atoms with Crippen LogP contribution in [0.25, 0.3) is 21.1 Å². The Kier molecular flexibility index (Phi) is 9.47. The second-order valence-electron chi connectivity index (χ2n) is 8.77. The number of halogens is 3. The van der Waals surface area contributed by atoms with E-state index in [2.05, 4.69) is 30.3 Å². The maximum Gasteiger partial charge on any atom is 0.237 e. The first-order valence-electron chi connectivity index (χ1n) is 12.0. The predicted octanol–water partition coefficient (Wildman–Crippen LogP) is 5.94. The molecule has 0 saturated carbocycles. The molecular weight excluding hydrogens is 581 g/mol. The summed E-state index contributed by atoms with van der Waals surface area (Å²) in [6.07, 6.45) is 7.19. The standard InChI is InChI=1S/C26H24ClN7O2S.2ClH/c27-18-13-16(6-7-22(18)36-21-4-1-5-23-17(21)14-32-37-23)33-25-24-19(30-15-31-25)8-11-34(24)12-10-29-26(35)20-3-2-9-28-20;;/h1,4-8,11,13-15,20,28H,2-3,9-10,12H2,(H,29,35)(H,30,31,33);2*1H. The summed E-state index contributed by atoms with van der Waals surface area (Å²) < 4.78 is 13.4. The Hall–Kier alpha value is -3.15. The van der Waals surface area contributed by atoms with Gasteiger partial charge in [0.15, 0.2) is 5.82 Å². The lowest BCUT2D eigenvalue weighted by Crippen LogP contribution is -2.41. The summed E-state index contributed by atoms with van der Waals surface area (Å²) in [5.41, 5.74) is 2.43. The molecule has 0 aliphatic carbocycles. The maximum absolute atomic E-state index is 12.3. The van der Waals surface area contributed by atoms with Gasteiger partial charge in [-0.1, -0.05) is 17.7 Å². The summed E-state index contributed by atoms with van der Waals surface area (Å²) in [6, 6.07) is 13.2. The largest absolute Gasteiger partial charge is 0.455 e. The van der Waals surface area contributed by atoms with Crippen LogP contribution in [0.1, 0.15) is 12.8 Å². The summed E-state index contributed by atoms with van der Waals surface area (Å²) in [5.74, 6) is 1.96. The number of nitrogens with one attached hydrogen (secondary N) is 3. The van der Waals surface area contributed by atoms with Crippen LogP contribution in [0.3, 0.4) is 0 Å². The van der Waals surface area contributed by atoms with Crippen LogP contribution in [0.5, 0.6) is 11.5 Å².